The van der Waals surface area contributed by atoms with Gasteiger partial charge in [-0.3, -0.25) is 0 Å². The Morgan fingerprint density at radius 1 is 1.33 bits per heavy atom. The van der Waals surface area contributed by atoms with Crippen molar-refractivity contribution in [3.05, 3.63) is 0 Å². The van der Waals surface area contributed by atoms with Gasteiger partial charge in [0.2, 0.25) is 0 Å². The molecule has 0 saturated heterocycles. The molecule has 0 aromatic carbocycles. The molecule has 0 aromatic heterocycles. The lowest BCUT2D eigenvalue weighted by atomic mass is 10.1. The van der Waals surface area contributed by atoms with Crippen molar-refractivity contribution in [3.63, 3.8) is 0 Å². The second-order valence-corrected chi connectivity index (χ2v) is 2.56. The summed E-state index contributed by atoms with van der Waals surface area (Å²) in [5.74, 6) is 0. The molecule has 0 saturated carbocycles. The SMILES string of the molecule is CO[C@@H]([C@@H](O)[C@H](O)C=O)[C@H](C)O. The highest BCUT2D eigenvalue weighted by Crippen LogP contribution is 2.06. The van der Waals surface area contributed by atoms with E-state index >= 15 is 0 Å². The molecule has 0 aromatic rings. The Balaban J connectivity index is 4.19. The van der Waals surface area contributed by atoms with E-state index in [1.54, 1.807) is 0 Å². The van der Waals surface area contributed by atoms with Crippen molar-refractivity contribution in [2.45, 2.75) is 31.3 Å². The van der Waals surface area contributed by atoms with Gasteiger partial charge in [0.1, 0.15) is 18.3 Å². The highest BCUT2D eigenvalue weighted by atomic mass is 16.5. The van der Waals surface area contributed by atoms with Crippen LogP contribution in [0.4, 0.5) is 0 Å². The van der Waals surface area contributed by atoms with Crippen molar-refractivity contribution >= 4 is 6.29 Å². The second-order valence-electron chi connectivity index (χ2n) is 2.56. The van der Waals surface area contributed by atoms with Gasteiger partial charge >= 0.3 is 0 Å². The zero-order valence-electron chi connectivity index (χ0n) is 7.04. The van der Waals surface area contributed by atoms with Gasteiger partial charge in [-0.2, -0.15) is 0 Å². The highest BCUT2D eigenvalue weighted by molar-refractivity contribution is 5.56. The predicted octanol–water partition coefficient (Wildman–Crippen LogP) is -1.70. The number of carbonyl (C=O) groups is 1. The molecule has 4 atom stereocenters. The molecule has 0 aliphatic rings. The van der Waals surface area contributed by atoms with Gasteiger partial charge in [-0.05, 0) is 6.92 Å². The summed E-state index contributed by atoms with van der Waals surface area (Å²) < 4.78 is 4.68. The maximum atomic E-state index is 10.0. The molecule has 0 radical (unpaired) electrons. The van der Waals surface area contributed by atoms with E-state index in [0.717, 1.165) is 0 Å². The van der Waals surface area contributed by atoms with Gasteiger partial charge in [0, 0.05) is 7.11 Å². The average Bonchev–Trinajstić information content (AvgIpc) is 2.03. The van der Waals surface area contributed by atoms with Crippen LogP contribution in [0, 0.1) is 0 Å². The molecule has 0 amide bonds. The first-order valence-corrected chi connectivity index (χ1v) is 3.56. The van der Waals surface area contributed by atoms with Crippen molar-refractivity contribution in [2.75, 3.05) is 7.11 Å². The third-order valence-corrected chi connectivity index (χ3v) is 1.57. The highest BCUT2D eigenvalue weighted by Gasteiger charge is 2.29. The minimum absolute atomic E-state index is 0.194. The summed E-state index contributed by atoms with van der Waals surface area (Å²) >= 11 is 0. The standard InChI is InChI=1S/C7H14O5/c1-4(9)7(12-2)6(11)5(10)3-8/h3-7,9-11H,1-2H3/t4-,5+,6-,7+/m0/s1. The molecule has 0 bridgehead atoms. The zero-order chi connectivity index (χ0) is 9.72. The predicted molar refractivity (Wildman–Crippen MR) is 40.6 cm³/mol. The van der Waals surface area contributed by atoms with Crippen LogP contribution in [0.25, 0.3) is 0 Å². The van der Waals surface area contributed by atoms with Crippen LogP contribution in [-0.2, 0) is 9.53 Å². The van der Waals surface area contributed by atoms with E-state index in [0.29, 0.717) is 0 Å². The van der Waals surface area contributed by atoms with E-state index in [9.17, 15) is 9.90 Å². The summed E-state index contributed by atoms with van der Waals surface area (Å²) in [6.07, 6.45) is -4.62. The summed E-state index contributed by atoms with van der Waals surface area (Å²) in [6, 6.07) is 0. The molecule has 0 spiro atoms. The largest absolute Gasteiger partial charge is 0.391 e. The number of aliphatic hydroxyl groups is 3. The summed E-state index contributed by atoms with van der Waals surface area (Å²) in [7, 11) is 1.28. The first-order chi connectivity index (χ1) is 5.54. The maximum Gasteiger partial charge on any atom is 0.151 e. The van der Waals surface area contributed by atoms with Crippen LogP contribution in [0.5, 0.6) is 0 Å². The van der Waals surface area contributed by atoms with Crippen molar-refractivity contribution < 1.29 is 24.9 Å². The lowest BCUT2D eigenvalue weighted by Gasteiger charge is -2.24. The molecule has 5 nitrogen and oxygen atoms in total. The normalized spacial score (nSPS) is 21.1. The Bertz CT molecular complexity index is 136. The van der Waals surface area contributed by atoms with E-state index < -0.39 is 24.4 Å². The Kier molecular flexibility index (Phi) is 5.00. The topological polar surface area (TPSA) is 87.0 Å². The lowest BCUT2D eigenvalue weighted by Crippen LogP contribution is -2.45. The van der Waals surface area contributed by atoms with E-state index in [4.69, 9.17) is 10.2 Å². The Morgan fingerprint density at radius 2 is 1.83 bits per heavy atom. The van der Waals surface area contributed by atoms with Crippen molar-refractivity contribution in [2.24, 2.45) is 0 Å². The Morgan fingerprint density at radius 3 is 2.08 bits per heavy atom. The van der Waals surface area contributed by atoms with Gasteiger partial charge in [0.15, 0.2) is 6.29 Å². The Labute approximate surface area is 70.6 Å². The van der Waals surface area contributed by atoms with Gasteiger partial charge in [0.05, 0.1) is 6.10 Å². The zero-order valence-corrected chi connectivity index (χ0v) is 7.04. The molecule has 0 heterocycles. The quantitative estimate of drug-likeness (QED) is 0.437. The van der Waals surface area contributed by atoms with Crippen molar-refractivity contribution in [1.29, 1.82) is 0 Å². The summed E-state index contributed by atoms with van der Waals surface area (Å²) in [4.78, 5) is 10.0. The fourth-order valence-electron chi connectivity index (χ4n) is 0.897. The number of carbonyl (C=O) groups excluding carboxylic acids is 1. The summed E-state index contributed by atoms with van der Waals surface area (Å²) in [6.45, 7) is 1.40. The average molecular weight is 178 g/mol. The molecule has 5 heteroatoms. The van der Waals surface area contributed by atoms with Crippen LogP contribution >= 0.6 is 0 Å². The van der Waals surface area contributed by atoms with E-state index in [2.05, 4.69) is 4.74 Å². The molecule has 72 valence electrons. The number of hydrogen-bond acceptors (Lipinski definition) is 5. The molecule has 0 fully saturated rings. The monoisotopic (exact) mass is 178 g/mol. The molecule has 0 aliphatic heterocycles. The lowest BCUT2D eigenvalue weighted by molar-refractivity contribution is -0.137. The van der Waals surface area contributed by atoms with Crippen LogP contribution in [-0.4, -0.2) is 53.1 Å². The molecule has 0 aliphatic carbocycles. The first kappa shape index (κ1) is 11.5. The number of rotatable bonds is 5. The molecular formula is C7H14O5. The van der Waals surface area contributed by atoms with Crippen molar-refractivity contribution in [1.82, 2.24) is 0 Å². The van der Waals surface area contributed by atoms with Crippen LogP contribution in [0.15, 0.2) is 0 Å². The minimum Gasteiger partial charge on any atom is -0.391 e. The number of aliphatic hydroxyl groups excluding tert-OH is 3. The number of methoxy groups -OCH3 is 1. The minimum atomic E-state index is -1.52. The van der Waals surface area contributed by atoms with Gasteiger partial charge in [-0.15, -0.1) is 0 Å². The van der Waals surface area contributed by atoms with Crippen LogP contribution in [0.1, 0.15) is 6.92 Å². The van der Waals surface area contributed by atoms with E-state index in [-0.39, 0.29) is 6.29 Å². The molecule has 0 rings (SSSR count). The number of ether oxygens (including phenoxy) is 1. The van der Waals surface area contributed by atoms with Crippen molar-refractivity contribution in [3.8, 4) is 0 Å². The molecular weight excluding hydrogens is 164 g/mol. The van der Waals surface area contributed by atoms with Gasteiger partial charge in [-0.1, -0.05) is 0 Å². The van der Waals surface area contributed by atoms with Gasteiger partial charge in [0.25, 0.3) is 0 Å². The van der Waals surface area contributed by atoms with Crippen LogP contribution in [0.3, 0.4) is 0 Å². The fourth-order valence-corrected chi connectivity index (χ4v) is 0.897. The molecule has 0 unspecified atom stereocenters. The summed E-state index contributed by atoms with van der Waals surface area (Å²) in [5.41, 5.74) is 0. The number of hydrogen-bond donors (Lipinski definition) is 3. The maximum absolute atomic E-state index is 10.0. The van der Waals surface area contributed by atoms with Gasteiger partial charge < -0.3 is 24.9 Å². The molecule has 3 N–H and O–H groups in total. The number of aldehydes is 1. The van der Waals surface area contributed by atoms with Crippen LogP contribution < -0.4 is 0 Å². The third kappa shape index (κ3) is 2.86. The van der Waals surface area contributed by atoms with Gasteiger partial charge in [-0.25, -0.2) is 0 Å². The third-order valence-electron chi connectivity index (χ3n) is 1.57. The smallest absolute Gasteiger partial charge is 0.151 e. The Hall–Kier alpha value is -0.490. The van der Waals surface area contributed by atoms with E-state index in [1.165, 1.54) is 14.0 Å². The molecule has 12 heavy (non-hydrogen) atoms. The summed E-state index contributed by atoms with van der Waals surface area (Å²) in [5, 5.41) is 27.1. The van der Waals surface area contributed by atoms with E-state index in [1.807, 2.05) is 0 Å². The van der Waals surface area contributed by atoms with Crippen LogP contribution in [0.2, 0.25) is 0 Å². The fraction of sp³-hybridized carbons (Fsp3) is 0.857. The first-order valence-electron chi connectivity index (χ1n) is 3.56. The second kappa shape index (κ2) is 5.21.